The van der Waals surface area contributed by atoms with Crippen LogP contribution in [0.2, 0.25) is 0 Å². The van der Waals surface area contributed by atoms with Crippen molar-refractivity contribution in [1.82, 2.24) is 0 Å². The van der Waals surface area contributed by atoms with E-state index in [0.717, 1.165) is 30.9 Å². The van der Waals surface area contributed by atoms with E-state index in [4.69, 9.17) is 22.4 Å². The number of nitrogens with two attached hydrogens (primary N) is 1. The lowest BCUT2D eigenvalue weighted by Gasteiger charge is -2.41. The van der Waals surface area contributed by atoms with Crippen molar-refractivity contribution in [3.63, 3.8) is 0 Å². The molecule has 0 aliphatic heterocycles. The van der Waals surface area contributed by atoms with E-state index < -0.39 is 5.97 Å². The topological polar surface area (TPSA) is 63.3 Å². The molecule has 3 nitrogen and oxygen atoms in total. The molecule has 1 aliphatic carbocycles. The largest absolute Gasteiger partial charge is 0.481 e. The zero-order valence-electron chi connectivity index (χ0n) is 11.9. The van der Waals surface area contributed by atoms with Crippen LogP contribution in [0, 0.1) is 17.8 Å². The van der Waals surface area contributed by atoms with Crippen LogP contribution in [0.4, 0.5) is 0 Å². The van der Waals surface area contributed by atoms with E-state index in [9.17, 15) is 4.79 Å². The summed E-state index contributed by atoms with van der Waals surface area (Å²) in [6, 6.07) is 0. The van der Waals surface area contributed by atoms with Gasteiger partial charge in [-0.15, -0.1) is 11.6 Å². The summed E-state index contributed by atoms with van der Waals surface area (Å²) in [7, 11) is 0. The second kappa shape index (κ2) is 7.91. The van der Waals surface area contributed by atoms with Crippen LogP contribution in [-0.2, 0) is 4.79 Å². The molecule has 0 amide bonds. The van der Waals surface area contributed by atoms with Gasteiger partial charge in [-0.3, -0.25) is 4.79 Å². The second-order valence-corrected chi connectivity index (χ2v) is 6.37. The number of hydrogen-bond acceptors (Lipinski definition) is 2. The summed E-state index contributed by atoms with van der Waals surface area (Å²) < 4.78 is 0. The first-order valence-electron chi connectivity index (χ1n) is 7.23. The highest BCUT2D eigenvalue weighted by molar-refractivity contribution is 6.20. The van der Waals surface area contributed by atoms with Gasteiger partial charge in [0, 0.05) is 5.38 Å². The summed E-state index contributed by atoms with van der Waals surface area (Å²) in [4.78, 5) is 10.8. The molecule has 3 N–H and O–H groups in total. The van der Waals surface area contributed by atoms with Gasteiger partial charge in [0.2, 0.25) is 0 Å². The maximum absolute atomic E-state index is 10.8. The minimum absolute atomic E-state index is 0.0548. The molecule has 110 valence electrons. The van der Waals surface area contributed by atoms with Crippen LogP contribution in [0.15, 0.2) is 11.6 Å². The predicted octanol–water partition coefficient (Wildman–Crippen LogP) is 3.42. The van der Waals surface area contributed by atoms with Gasteiger partial charge in [0.25, 0.3) is 0 Å². The van der Waals surface area contributed by atoms with E-state index in [0.29, 0.717) is 11.8 Å². The number of carbonyl (C=O) groups is 1. The number of alkyl halides is 1. The van der Waals surface area contributed by atoms with Gasteiger partial charge in [0.1, 0.15) is 0 Å². The molecule has 1 fully saturated rings. The van der Waals surface area contributed by atoms with Crippen LogP contribution in [0.5, 0.6) is 0 Å². The average molecular weight is 288 g/mol. The van der Waals surface area contributed by atoms with Crippen molar-refractivity contribution >= 4 is 17.6 Å². The van der Waals surface area contributed by atoms with E-state index >= 15 is 0 Å². The number of hydrogen-bond donors (Lipinski definition) is 2. The second-order valence-electron chi connectivity index (χ2n) is 5.68. The number of carboxylic acids is 1. The summed E-state index contributed by atoms with van der Waals surface area (Å²) in [6.45, 7) is 4.77. The molecule has 0 radical (unpaired) electrons. The van der Waals surface area contributed by atoms with Crippen molar-refractivity contribution in [3.8, 4) is 0 Å². The molecule has 19 heavy (non-hydrogen) atoms. The van der Waals surface area contributed by atoms with Gasteiger partial charge < -0.3 is 10.8 Å². The Morgan fingerprint density at radius 3 is 2.58 bits per heavy atom. The molecule has 1 rings (SSSR count). The molecule has 2 unspecified atom stereocenters. The first kappa shape index (κ1) is 16.5. The van der Waals surface area contributed by atoms with Crippen molar-refractivity contribution < 1.29 is 9.90 Å². The molecule has 0 aromatic heterocycles. The Morgan fingerprint density at radius 2 is 2.16 bits per heavy atom. The molecular weight excluding hydrogens is 262 g/mol. The van der Waals surface area contributed by atoms with E-state index in [1.165, 1.54) is 12.8 Å². The number of allylic oxidation sites excluding steroid dienone is 1. The Kier molecular flexibility index (Phi) is 6.87. The summed E-state index contributed by atoms with van der Waals surface area (Å²) in [5.74, 6) is 0.874. The van der Waals surface area contributed by atoms with Crippen LogP contribution in [0.1, 0.15) is 46.0 Å². The van der Waals surface area contributed by atoms with Crippen molar-refractivity contribution in [3.05, 3.63) is 11.6 Å². The molecule has 0 heterocycles. The van der Waals surface area contributed by atoms with Crippen LogP contribution in [-0.4, -0.2) is 23.0 Å². The first-order valence-corrected chi connectivity index (χ1v) is 7.67. The van der Waals surface area contributed by atoms with Crippen LogP contribution >= 0.6 is 11.6 Å². The Balaban J connectivity index is 2.63. The van der Waals surface area contributed by atoms with Gasteiger partial charge >= 0.3 is 5.97 Å². The van der Waals surface area contributed by atoms with E-state index in [1.54, 1.807) is 0 Å². The third-order valence-corrected chi connectivity index (χ3v) is 4.47. The molecule has 2 atom stereocenters. The van der Waals surface area contributed by atoms with Crippen molar-refractivity contribution in [1.29, 1.82) is 0 Å². The molecule has 0 aromatic carbocycles. The SMILES string of the molecule is CC/C(=C\C(C(C)Cl)C1CC(CCN)C1)CC(=O)O. The number of carboxylic acid groups (broad SMARTS) is 1. The van der Waals surface area contributed by atoms with Crippen molar-refractivity contribution in [2.75, 3.05) is 6.54 Å². The lowest BCUT2D eigenvalue weighted by Crippen LogP contribution is -2.34. The van der Waals surface area contributed by atoms with Crippen LogP contribution in [0.25, 0.3) is 0 Å². The molecule has 1 aliphatic rings. The van der Waals surface area contributed by atoms with E-state index in [2.05, 4.69) is 6.08 Å². The lowest BCUT2D eigenvalue weighted by atomic mass is 9.66. The quantitative estimate of drug-likeness (QED) is 0.531. The fourth-order valence-electron chi connectivity index (χ4n) is 2.98. The van der Waals surface area contributed by atoms with Gasteiger partial charge in [0.05, 0.1) is 6.42 Å². The maximum Gasteiger partial charge on any atom is 0.307 e. The third kappa shape index (κ3) is 5.15. The number of halogens is 1. The van der Waals surface area contributed by atoms with Gasteiger partial charge in [-0.2, -0.15) is 0 Å². The zero-order valence-corrected chi connectivity index (χ0v) is 12.7. The lowest BCUT2D eigenvalue weighted by molar-refractivity contribution is -0.136. The first-order chi connectivity index (χ1) is 8.97. The summed E-state index contributed by atoms with van der Waals surface area (Å²) in [5.41, 5.74) is 6.57. The van der Waals surface area contributed by atoms with Crippen LogP contribution in [0.3, 0.4) is 0 Å². The highest BCUT2D eigenvalue weighted by atomic mass is 35.5. The number of rotatable bonds is 8. The molecule has 0 bridgehead atoms. The summed E-state index contributed by atoms with van der Waals surface area (Å²) in [5, 5.41) is 8.96. The van der Waals surface area contributed by atoms with Gasteiger partial charge in [-0.1, -0.05) is 18.6 Å². The molecule has 0 aromatic rings. The van der Waals surface area contributed by atoms with Gasteiger partial charge in [-0.05, 0) is 56.9 Å². The van der Waals surface area contributed by atoms with Crippen LogP contribution < -0.4 is 5.73 Å². The Hall–Kier alpha value is -0.540. The highest BCUT2D eigenvalue weighted by Gasteiger charge is 2.35. The fraction of sp³-hybridized carbons (Fsp3) is 0.800. The molecule has 0 saturated heterocycles. The standard InChI is InChI=1S/C15H26ClNO2/c1-3-11(9-15(18)19)8-14(10(2)16)13-6-12(7-13)4-5-17/h8,10,12-14H,3-7,9,17H2,1-2H3,(H,18,19)/b11-8+. The zero-order chi connectivity index (χ0) is 14.4. The monoisotopic (exact) mass is 287 g/mol. The van der Waals surface area contributed by atoms with Gasteiger partial charge in [-0.25, -0.2) is 0 Å². The van der Waals surface area contributed by atoms with Gasteiger partial charge in [0.15, 0.2) is 0 Å². The van der Waals surface area contributed by atoms with E-state index in [-0.39, 0.29) is 11.8 Å². The third-order valence-electron chi connectivity index (χ3n) is 4.18. The Labute approximate surface area is 121 Å². The predicted molar refractivity (Wildman–Crippen MR) is 79.3 cm³/mol. The molecular formula is C15H26ClNO2. The summed E-state index contributed by atoms with van der Waals surface area (Å²) >= 11 is 6.30. The van der Waals surface area contributed by atoms with Crippen molar-refractivity contribution in [2.45, 2.75) is 51.3 Å². The minimum atomic E-state index is -0.760. The van der Waals surface area contributed by atoms with Crippen molar-refractivity contribution in [2.24, 2.45) is 23.5 Å². The van der Waals surface area contributed by atoms with E-state index in [1.807, 2.05) is 13.8 Å². The number of aliphatic carboxylic acids is 1. The molecule has 4 heteroatoms. The smallest absolute Gasteiger partial charge is 0.307 e. The maximum atomic E-state index is 10.8. The molecule has 0 spiro atoms. The average Bonchev–Trinajstić information content (AvgIpc) is 2.28. The summed E-state index contributed by atoms with van der Waals surface area (Å²) in [6.07, 6.45) is 6.49. The minimum Gasteiger partial charge on any atom is -0.481 e. The highest BCUT2D eigenvalue weighted by Crippen LogP contribution is 2.43. The molecule has 1 saturated carbocycles. The Morgan fingerprint density at radius 1 is 1.53 bits per heavy atom. The normalized spacial score (nSPS) is 26.6. The fourth-order valence-corrected chi connectivity index (χ4v) is 3.26. The Bertz CT molecular complexity index is 322.